The molecule has 15 heavy (non-hydrogen) atoms. The van der Waals surface area contributed by atoms with Crippen molar-refractivity contribution in [2.75, 3.05) is 0 Å². The summed E-state index contributed by atoms with van der Waals surface area (Å²) in [5.41, 5.74) is 2.60. The Morgan fingerprint density at radius 2 is 2.27 bits per heavy atom. The first-order valence-electron chi connectivity index (χ1n) is 5.49. The van der Waals surface area contributed by atoms with E-state index in [0.717, 1.165) is 18.5 Å². The van der Waals surface area contributed by atoms with Gasteiger partial charge in [0.15, 0.2) is 0 Å². The van der Waals surface area contributed by atoms with Crippen LogP contribution in [0.2, 0.25) is 0 Å². The molecule has 1 aromatic rings. The fourth-order valence-electron chi connectivity index (χ4n) is 2.28. The first-order valence-corrected chi connectivity index (χ1v) is 5.49. The van der Waals surface area contributed by atoms with E-state index in [2.05, 4.69) is 18.8 Å². The lowest BCUT2D eigenvalue weighted by Gasteiger charge is -2.28. The summed E-state index contributed by atoms with van der Waals surface area (Å²) in [4.78, 5) is 14.5. The zero-order chi connectivity index (χ0) is 11.0. The highest BCUT2D eigenvalue weighted by molar-refractivity contribution is 5.30. The molecule has 1 aromatic heterocycles. The van der Waals surface area contributed by atoms with Crippen molar-refractivity contribution < 1.29 is 5.11 Å². The molecule has 82 valence electrons. The first-order chi connectivity index (χ1) is 7.13. The van der Waals surface area contributed by atoms with Crippen LogP contribution < -0.4 is 5.56 Å². The van der Waals surface area contributed by atoms with Crippen LogP contribution in [0, 0.1) is 5.92 Å². The Labute approximate surface area is 89.2 Å². The van der Waals surface area contributed by atoms with Gasteiger partial charge in [0.05, 0.1) is 6.61 Å². The minimum absolute atomic E-state index is 0.141. The van der Waals surface area contributed by atoms with Crippen molar-refractivity contribution in [3.63, 3.8) is 0 Å². The van der Waals surface area contributed by atoms with Gasteiger partial charge in [-0.05, 0) is 36.3 Å². The Morgan fingerprint density at radius 3 is 2.93 bits per heavy atom. The number of pyridine rings is 1. The Hall–Kier alpha value is -1.09. The van der Waals surface area contributed by atoms with Crippen molar-refractivity contribution in [2.45, 2.75) is 39.2 Å². The van der Waals surface area contributed by atoms with E-state index in [9.17, 15) is 4.79 Å². The normalized spacial score (nSPS) is 25.0. The fourth-order valence-corrected chi connectivity index (χ4v) is 2.28. The molecule has 0 bridgehead atoms. The molecule has 1 heterocycles. The van der Waals surface area contributed by atoms with Gasteiger partial charge in [0.2, 0.25) is 0 Å². The lowest BCUT2D eigenvalue weighted by Crippen LogP contribution is -2.24. The monoisotopic (exact) mass is 207 g/mol. The standard InChI is InChI=1S/C12H17NO2/c1-7-3-4-9-5-10(6-14)12(15)13-11(9)8(7)2/h5,7-8,14H,3-4,6H2,1-2H3,(H,13,15). The van der Waals surface area contributed by atoms with Crippen molar-refractivity contribution in [3.05, 3.63) is 33.2 Å². The molecule has 0 spiro atoms. The van der Waals surface area contributed by atoms with Crippen molar-refractivity contribution in [3.8, 4) is 0 Å². The van der Waals surface area contributed by atoms with Gasteiger partial charge in [-0.2, -0.15) is 0 Å². The molecule has 1 aliphatic rings. The molecule has 3 nitrogen and oxygen atoms in total. The molecular weight excluding hydrogens is 190 g/mol. The van der Waals surface area contributed by atoms with Gasteiger partial charge in [0.25, 0.3) is 5.56 Å². The predicted molar refractivity (Wildman–Crippen MR) is 58.9 cm³/mol. The second-order valence-corrected chi connectivity index (χ2v) is 4.53. The Balaban J connectivity index is 2.52. The minimum Gasteiger partial charge on any atom is -0.391 e. The predicted octanol–water partition coefficient (Wildman–Crippen LogP) is 1.55. The number of H-pyrrole nitrogens is 1. The number of aryl methyl sites for hydroxylation is 1. The Bertz CT molecular complexity index is 422. The molecular formula is C12H17NO2. The van der Waals surface area contributed by atoms with Gasteiger partial charge in [-0.15, -0.1) is 0 Å². The van der Waals surface area contributed by atoms with Gasteiger partial charge in [-0.25, -0.2) is 0 Å². The summed E-state index contributed by atoms with van der Waals surface area (Å²) in [6.45, 7) is 4.19. The maximum Gasteiger partial charge on any atom is 0.253 e. The average molecular weight is 207 g/mol. The van der Waals surface area contributed by atoms with E-state index in [1.807, 2.05) is 6.07 Å². The quantitative estimate of drug-likeness (QED) is 0.734. The molecule has 0 fully saturated rings. The second kappa shape index (κ2) is 3.81. The van der Waals surface area contributed by atoms with Crippen LogP contribution in [0.3, 0.4) is 0 Å². The lowest BCUT2D eigenvalue weighted by atomic mass is 9.80. The van der Waals surface area contributed by atoms with E-state index >= 15 is 0 Å². The molecule has 0 saturated heterocycles. The van der Waals surface area contributed by atoms with E-state index in [1.165, 1.54) is 5.56 Å². The molecule has 3 heteroatoms. The number of aliphatic hydroxyl groups is 1. The number of rotatable bonds is 1. The van der Waals surface area contributed by atoms with Gasteiger partial charge in [-0.1, -0.05) is 13.8 Å². The number of aliphatic hydroxyl groups excluding tert-OH is 1. The van der Waals surface area contributed by atoms with Gasteiger partial charge in [0.1, 0.15) is 0 Å². The minimum atomic E-state index is -0.174. The smallest absolute Gasteiger partial charge is 0.253 e. The summed E-state index contributed by atoms with van der Waals surface area (Å²) in [5.74, 6) is 1.03. The molecule has 2 N–H and O–H groups in total. The summed E-state index contributed by atoms with van der Waals surface area (Å²) < 4.78 is 0. The van der Waals surface area contributed by atoms with E-state index < -0.39 is 0 Å². The summed E-state index contributed by atoms with van der Waals surface area (Å²) >= 11 is 0. The molecule has 0 aromatic carbocycles. The zero-order valence-corrected chi connectivity index (χ0v) is 9.21. The summed E-state index contributed by atoms with van der Waals surface area (Å²) in [6, 6.07) is 1.86. The topological polar surface area (TPSA) is 53.1 Å². The lowest BCUT2D eigenvalue weighted by molar-refractivity contribution is 0.279. The van der Waals surface area contributed by atoms with E-state index in [-0.39, 0.29) is 12.2 Å². The molecule has 1 aliphatic carbocycles. The third-order valence-corrected chi connectivity index (χ3v) is 3.58. The van der Waals surface area contributed by atoms with Crippen LogP contribution in [0.5, 0.6) is 0 Å². The van der Waals surface area contributed by atoms with Crippen LogP contribution in [-0.2, 0) is 13.0 Å². The molecule has 2 rings (SSSR count). The zero-order valence-electron chi connectivity index (χ0n) is 9.21. The summed E-state index contributed by atoms with van der Waals surface area (Å²) in [6.07, 6.45) is 2.16. The van der Waals surface area contributed by atoms with E-state index in [1.54, 1.807) is 0 Å². The number of hydrogen-bond acceptors (Lipinski definition) is 2. The highest BCUT2D eigenvalue weighted by Gasteiger charge is 2.24. The third-order valence-electron chi connectivity index (χ3n) is 3.58. The highest BCUT2D eigenvalue weighted by atomic mass is 16.3. The maximum absolute atomic E-state index is 11.6. The van der Waals surface area contributed by atoms with Gasteiger partial charge in [-0.3, -0.25) is 4.79 Å². The average Bonchev–Trinajstić information content (AvgIpc) is 2.24. The first kappa shape index (κ1) is 10.4. The third kappa shape index (κ3) is 1.72. The van der Waals surface area contributed by atoms with Crippen molar-refractivity contribution in [2.24, 2.45) is 5.92 Å². The van der Waals surface area contributed by atoms with Gasteiger partial charge >= 0.3 is 0 Å². The molecule has 2 atom stereocenters. The largest absolute Gasteiger partial charge is 0.391 e. The number of fused-ring (bicyclic) bond motifs is 1. The van der Waals surface area contributed by atoms with Crippen LogP contribution in [0.25, 0.3) is 0 Å². The summed E-state index contributed by atoms with van der Waals surface area (Å²) in [7, 11) is 0. The second-order valence-electron chi connectivity index (χ2n) is 4.53. The number of hydrogen-bond donors (Lipinski definition) is 2. The van der Waals surface area contributed by atoms with Crippen LogP contribution in [0.4, 0.5) is 0 Å². The molecule has 0 amide bonds. The Morgan fingerprint density at radius 1 is 1.53 bits per heavy atom. The van der Waals surface area contributed by atoms with Crippen LogP contribution >= 0.6 is 0 Å². The Kier molecular flexibility index (Phi) is 2.65. The number of aromatic nitrogens is 1. The van der Waals surface area contributed by atoms with Gasteiger partial charge in [0, 0.05) is 11.3 Å². The van der Waals surface area contributed by atoms with E-state index in [0.29, 0.717) is 17.4 Å². The van der Waals surface area contributed by atoms with Crippen molar-refractivity contribution in [1.82, 2.24) is 4.98 Å². The van der Waals surface area contributed by atoms with Crippen LogP contribution in [0.15, 0.2) is 10.9 Å². The maximum atomic E-state index is 11.6. The van der Waals surface area contributed by atoms with Crippen molar-refractivity contribution >= 4 is 0 Å². The summed E-state index contributed by atoms with van der Waals surface area (Å²) in [5, 5.41) is 9.02. The molecule has 2 unspecified atom stereocenters. The van der Waals surface area contributed by atoms with E-state index in [4.69, 9.17) is 5.11 Å². The van der Waals surface area contributed by atoms with Crippen molar-refractivity contribution in [1.29, 1.82) is 0 Å². The molecule has 0 radical (unpaired) electrons. The number of aromatic amines is 1. The van der Waals surface area contributed by atoms with Gasteiger partial charge < -0.3 is 10.1 Å². The highest BCUT2D eigenvalue weighted by Crippen LogP contribution is 2.33. The SMILES string of the molecule is CC1CCc2cc(CO)c(=O)[nH]c2C1C. The van der Waals surface area contributed by atoms with Crippen LogP contribution in [-0.4, -0.2) is 10.1 Å². The molecule has 0 aliphatic heterocycles. The number of nitrogens with one attached hydrogen (secondary N) is 1. The van der Waals surface area contributed by atoms with Crippen LogP contribution in [0.1, 0.15) is 43.0 Å². The fraction of sp³-hybridized carbons (Fsp3) is 0.583. The molecule has 0 saturated carbocycles.